The zero-order chi connectivity index (χ0) is 10.4. The van der Waals surface area contributed by atoms with Crippen LogP contribution >= 0.6 is 0 Å². The molecule has 0 bridgehead atoms. The Bertz CT molecular complexity index is 145. The molecule has 1 rings (SSSR count). The molecule has 0 saturated carbocycles. The molecular weight excluding hydrogens is 180 g/mol. The molecule has 1 aliphatic rings. The summed E-state index contributed by atoms with van der Waals surface area (Å²) in [5, 5.41) is 11.9. The van der Waals surface area contributed by atoms with Gasteiger partial charge in [0, 0.05) is 25.2 Å². The van der Waals surface area contributed by atoms with Crippen LogP contribution in [0.15, 0.2) is 0 Å². The molecule has 1 saturated heterocycles. The summed E-state index contributed by atoms with van der Waals surface area (Å²) in [4.78, 5) is 2.37. The van der Waals surface area contributed by atoms with Crippen LogP contribution < -0.4 is 5.32 Å². The van der Waals surface area contributed by atoms with Crippen molar-refractivity contribution in [2.45, 2.75) is 25.4 Å². The summed E-state index contributed by atoms with van der Waals surface area (Å²) in [7, 11) is 2.16. The lowest BCUT2D eigenvalue weighted by atomic mass is 10.2. The lowest BCUT2D eigenvalue weighted by Crippen LogP contribution is -2.34. The van der Waals surface area contributed by atoms with E-state index in [0.717, 1.165) is 13.1 Å². The monoisotopic (exact) mass is 202 g/mol. The van der Waals surface area contributed by atoms with Crippen molar-refractivity contribution in [1.82, 2.24) is 10.2 Å². The highest BCUT2D eigenvalue weighted by Crippen LogP contribution is 2.14. The molecule has 1 aliphatic heterocycles. The van der Waals surface area contributed by atoms with Gasteiger partial charge in [0.25, 0.3) is 0 Å². The van der Waals surface area contributed by atoms with Crippen LogP contribution in [-0.2, 0) is 4.74 Å². The molecule has 0 aromatic heterocycles. The summed E-state index contributed by atoms with van der Waals surface area (Å²) in [6, 6.07) is 1.29. The predicted octanol–water partition coefficient (Wildman–Crippen LogP) is -0.322. The Morgan fingerprint density at radius 2 is 2.29 bits per heavy atom. The molecule has 0 aliphatic carbocycles. The fourth-order valence-electron chi connectivity index (χ4n) is 1.84. The SMILES string of the molecule is CC1CC(NCCOCCO)CN1C. The van der Waals surface area contributed by atoms with Crippen molar-refractivity contribution in [2.75, 3.05) is 40.0 Å². The molecule has 2 atom stereocenters. The van der Waals surface area contributed by atoms with Gasteiger partial charge in [0.05, 0.1) is 19.8 Å². The van der Waals surface area contributed by atoms with Crippen LogP contribution in [0.3, 0.4) is 0 Å². The van der Waals surface area contributed by atoms with Crippen molar-refractivity contribution in [3.63, 3.8) is 0 Å². The summed E-state index contributed by atoms with van der Waals surface area (Å²) in [6.45, 7) is 5.51. The second kappa shape index (κ2) is 6.35. The molecule has 0 spiro atoms. The third-order valence-corrected chi connectivity index (χ3v) is 2.80. The molecule has 4 nitrogen and oxygen atoms in total. The van der Waals surface area contributed by atoms with Crippen molar-refractivity contribution in [1.29, 1.82) is 0 Å². The van der Waals surface area contributed by atoms with Gasteiger partial charge in [-0.25, -0.2) is 0 Å². The minimum atomic E-state index is 0.114. The quantitative estimate of drug-likeness (QED) is 0.579. The largest absolute Gasteiger partial charge is 0.394 e. The first kappa shape index (κ1) is 11.9. The number of likely N-dealkylation sites (tertiary alicyclic amines) is 1. The van der Waals surface area contributed by atoms with E-state index >= 15 is 0 Å². The smallest absolute Gasteiger partial charge is 0.0698 e. The standard InChI is InChI=1S/C10H22N2O2/c1-9-7-10(8-12(9)2)11-3-5-14-6-4-13/h9-11,13H,3-8H2,1-2H3. The Morgan fingerprint density at radius 3 is 2.86 bits per heavy atom. The van der Waals surface area contributed by atoms with Crippen LogP contribution in [0.1, 0.15) is 13.3 Å². The maximum Gasteiger partial charge on any atom is 0.0698 e. The van der Waals surface area contributed by atoms with Gasteiger partial charge in [-0.2, -0.15) is 0 Å². The van der Waals surface area contributed by atoms with Gasteiger partial charge in [0.2, 0.25) is 0 Å². The number of ether oxygens (including phenoxy) is 1. The predicted molar refractivity (Wildman–Crippen MR) is 56.4 cm³/mol. The molecule has 2 N–H and O–H groups in total. The van der Waals surface area contributed by atoms with Gasteiger partial charge in [-0.05, 0) is 20.4 Å². The number of nitrogens with zero attached hydrogens (tertiary/aromatic N) is 1. The summed E-state index contributed by atoms with van der Waals surface area (Å²) < 4.78 is 5.17. The minimum Gasteiger partial charge on any atom is -0.394 e. The van der Waals surface area contributed by atoms with E-state index < -0.39 is 0 Å². The first-order chi connectivity index (χ1) is 6.74. The molecule has 1 fully saturated rings. The van der Waals surface area contributed by atoms with Crippen molar-refractivity contribution in [3.8, 4) is 0 Å². The maximum absolute atomic E-state index is 8.49. The highest BCUT2D eigenvalue weighted by molar-refractivity contribution is 4.84. The Morgan fingerprint density at radius 1 is 1.50 bits per heavy atom. The van der Waals surface area contributed by atoms with Crippen LogP contribution in [0.2, 0.25) is 0 Å². The number of aliphatic hydroxyl groups is 1. The van der Waals surface area contributed by atoms with Crippen molar-refractivity contribution < 1.29 is 9.84 Å². The Hall–Kier alpha value is -0.160. The molecular formula is C10H22N2O2. The van der Waals surface area contributed by atoms with Crippen molar-refractivity contribution in [3.05, 3.63) is 0 Å². The van der Waals surface area contributed by atoms with E-state index in [1.54, 1.807) is 0 Å². The van der Waals surface area contributed by atoms with Gasteiger partial charge in [-0.3, -0.25) is 0 Å². The number of aliphatic hydroxyl groups excluding tert-OH is 1. The van der Waals surface area contributed by atoms with Crippen LogP contribution in [0.5, 0.6) is 0 Å². The molecule has 14 heavy (non-hydrogen) atoms. The second-order valence-corrected chi connectivity index (χ2v) is 4.01. The molecule has 1 heterocycles. The van der Waals surface area contributed by atoms with Crippen molar-refractivity contribution in [2.24, 2.45) is 0 Å². The lowest BCUT2D eigenvalue weighted by molar-refractivity contribution is 0.0927. The molecule has 2 unspecified atom stereocenters. The van der Waals surface area contributed by atoms with Gasteiger partial charge in [-0.1, -0.05) is 0 Å². The van der Waals surface area contributed by atoms with E-state index in [4.69, 9.17) is 9.84 Å². The zero-order valence-electron chi connectivity index (χ0n) is 9.20. The van der Waals surface area contributed by atoms with E-state index in [1.807, 2.05) is 0 Å². The Kier molecular flexibility index (Phi) is 5.40. The molecule has 0 amide bonds. The van der Waals surface area contributed by atoms with Crippen LogP contribution in [0, 0.1) is 0 Å². The minimum absolute atomic E-state index is 0.114. The van der Waals surface area contributed by atoms with E-state index in [1.165, 1.54) is 6.42 Å². The van der Waals surface area contributed by atoms with Gasteiger partial charge < -0.3 is 20.1 Å². The molecule has 0 aromatic carbocycles. The maximum atomic E-state index is 8.49. The number of hydrogen-bond acceptors (Lipinski definition) is 4. The molecule has 0 aromatic rings. The van der Waals surface area contributed by atoms with Gasteiger partial charge in [-0.15, -0.1) is 0 Å². The lowest BCUT2D eigenvalue weighted by Gasteiger charge is -2.13. The van der Waals surface area contributed by atoms with E-state index in [2.05, 4.69) is 24.2 Å². The van der Waals surface area contributed by atoms with Crippen LogP contribution in [0.25, 0.3) is 0 Å². The van der Waals surface area contributed by atoms with Crippen molar-refractivity contribution >= 4 is 0 Å². The van der Waals surface area contributed by atoms with Gasteiger partial charge in [0.1, 0.15) is 0 Å². The third-order valence-electron chi connectivity index (χ3n) is 2.80. The van der Waals surface area contributed by atoms with E-state index in [-0.39, 0.29) is 6.61 Å². The van der Waals surface area contributed by atoms with Gasteiger partial charge >= 0.3 is 0 Å². The summed E-state index contributed by atoms with van der Waals surface area (Å²) in [5.41, 5.74) is 0. The number of likely N-dealkylation sites (N-methyl/N-ethyl adjacent to an activating group) is 1. The number of nitrogens with one attached hydrogen (secondary N) is 1. The molecule has 4 heteroatoms. The van der Waals surface area contributed by atoms with Crippen LogP contribution in [-0.4, -0.2) is 62.0 Å². The fraction of sp³-hybridized carbons (Fsp3) is 1.00. The average Bonchev–Trinajstić information content (AvgIpc) is 2.46. The molecule has 0 radical (unpaired) electrons. The van der Waals surface area contributed by atoms with Gasteiger partial charge in [0.15, 0.2) is 0 Å². The first-order valence-electron chi connectivity index (χ1n) is 5.36. The van der Waals surface area contributed by atoms with E-state index in [0.29, 0.717) is 25.3 Å². The number of hydrogen-bond donors (Lipinski definition) is 2. The van der Waals surface area contributed by atoms with E-state index in [9.17, 15) is 0 Å². The normalized spacial score (nSPS) is 28.5. The average molecular weight is 202 g/mol. The highest BCUT2D eigenvalue weighted by Gasteiger charge is 2.24. The second-order valence-electron chi connectivity index (χ2n) is 4.01. The Balaban J connectivity index is 1.97. The summed E-state index contributed by atoms with van der Waals surface area (Å²) in [5.74, 6) is 0. The first-order valence-corrected chi connectivity index (χ1v) is 5.36. The third kappa shape index (κ3) is 3.92. The number of rotatable bonds is 6. The van der Waals surface area contributed by atoms with Crippen LogP contribution in [0.4, 0.5) is 0 Å². The zero-order valence-corrected chi connectivity index (χ0v) is 9.20. The highest BCUT2D eigenvalue weighted by atomic mass is 16.5. The Labute approximate surface area is 86.2 Å². The summed E-state index contributed by atoms with van der Waals surface area (Å²) >= 11 is 0. The summed E-state index contributed by atoms with van der Waals surface area (Å²) in [6.07, 6.45) is 1.22. The molecule has 84 valence electrons. The topological polar surface area (TPSA) is 44.7 Å². The fourth-order valence-corrected chi connectivity index (χ4v) is 1.84.